The van der Waals surface area contributed by atoms with Gasteiger partial charge >= 0.3 is 5.97 Å². The second-order valence-electron chi connectivity index (χ2n) is 8.33. The van der Waals surface area contributed by atoms with E-state index in [1.165, 1.54) is 0 Å². The Morgan fingerprint density at radius 1 is 0.933 bits per heavy atom. The van der Waals surface area contributed by atoms with Gasteiger partial charge < -0.3 is 10.2 Å². The third-order valence-electron chi connectivity index (χ3n) is 6.61. The average Bonchev–Trinajstić information content (AvgIpc) is 2.97. The van der Waals surface area contributed by atoms with Crippen LogP contribution in [0.4, 0.5) is 0 Å². The van der Waals surface area contributed by atoms with Gasteiger partial charge in [0.15, 0.2) is 0 Å². The van der Waals surface area contributed by atoms with E-state index in [9.17, 15) is 19.8 Å². The molecule has 3 heterocycles. The highest BCUT2D eigenvalue weighted by Crippen LogP contribution is 2.37. The lowest BCUT2D eigenvalue weighted by Crippen LogP contribution is -2.45. The van der Waals surface area contributed by atoms with Crippen LogP contribution in [-0.2, 0) is 6.54 Å². The summed E-state index contributed by atoms with van der Waals surface area (Å²) in [5.41, 5.74) is 1.14. The fourth-order valence-corrected chi connectivity index (χ4v) is 5.31. The zero-order valence-corrected chi connectivity index (χ0v) is 16.6. The molecular weight excluding hydrogens is 380 g/mol. The molecule has 5 rings (SSSR count). The molecule has 2 fully saturated rings. The predicted octanol–water partition coefficient (Wildman–Crippen LogP) is 3.18. The number of carboxylic acid groups (broad SMARTS) is 1. The first kappa shape index (κ1) is 19.0. The summed E-state index contributed by atoms with van der Waals surface area (Å²) in [6, 6.07) is 16.6. The molecule has 2 saturated heterocycles. The Bertz CT molecular complexity index is 1160. The summed E-state index contributed by atoms with van der Waals surface area (Å²) in [5.74, 6) is -1.03. The summed E-state index contributed by atoms with van der Waals surface area (Å²) in [7, 11) is 0. The quantitative estimate of drug-likeness (QED) is 0.698. The molecule has 0 radical (unpaired) electrons. The molecular formula is C24H24N2O4. The zero-order valence-electron chi connectivity index (χ0n) is 16.6. The molecule has 2 bridgehead atoms. The number of aromatic carboxylic acids is 1. The summed E-state index contributed by atoms with van der Waals surface area (Å²) in [6.45, 7) is 0.374. The standard InChI is InChI=1S/C24H24N2O4/c27-18-12-16-10-11-17(13-18)25(16)14-21-22(24(29)30)19-8-4-5-9-20(19)23(28)26(21)15-6-2-1-3-7-15/h1-9,16-18,27H,10-14H2,(H,29,30). The summed E-state index contributed by atoms with van der Waals surface area (Å²) < 4.78 is 1.57. The fourth-order valence-electron chi connectivity index (χ4n) is 5.31. The Kier molecular flexibility index (Phi) is 4.68. The van der Waals surface area contributed by atoms with Crippen molar-refractivity contribution in [3.8, 4) is 5.69 Å². The van der Waals surface area contributed by atoms with Crippen LogP contribution in [-0.4, -0.2) is 43.8 Å². The maximum absolute atomic E-state index is 13.5. The number of carboxylic acids is 1. The Morgan fingerprint density at radius 2 is 1.53 bits per heavy atom. The number of hydrogen-bond donors (Lipinski definition) is 2. The van der Waals surface area contributed by atoms with Crippen molar-refractivity contribution in [1.82, 2.24) is 9.47 Å². The van der Waals surface area contributed by atoms with Gasteiger partial charge in [0, 0.05) is 35.1 Å². The van der Waals surface area contributed by atoms with E-state index in [1.54, 1.807) is 28.8 Å². The van der Waals surface area contributed by atoms with Gasteiger partial charge in [-0.05, 0) is 43.9 Å². The highest BCUT2D eigenvalue weighted by molar-refractivity contribution is 6.04. The van der Waals surface area contributed by atoms with Crippen LogP contribution in [0.25, 0.3) is 16.5 Å². The van der Waals surface area contributed by atoms with Gasteiger partial charge in [-0.2, -0.15) is 0 Å². The topological polar surface area (TPSA) is 82.8 Å². The maximum Gasteiger partial charge on any atom is 0.338 e. The van der Waals surface area contributed by atoms with Crippen molar-refractivity contribution in [1.29, 1.82) is 0 Å². The van der Waals surface area contributed by atoms with Crippen molar-refractivity contribution in [2.24, 2.45) is 0 Å². The van der Waals surface area contributed by atoms with Gasteiger partial charge in [-0.1, -0.05) is 36.4 Å². The summed E-state index contributed by atoms with van der Waals surface area (Å²) in [5, 5.41) is 21.2. The predicted molar refractivity (Wildman–Crippen MR) is 114 cm³/mol. The third kappa shape index (κ3) is 3.04. The van der Waals surface area contributed by atoms with Crippen molar-refractivity contribution in [3.05, 3.63) is 76.2 Å². The zero-order chi connectivity index (χ0) is 20.8. The molecule has 2 atom stereocenters. The molecule has 2 aliphatic rings. The van der Waals surface area contributed by atoms with Gasteiger partial charge in [-0.25, -0.2) is 4.79 Å². The Hall–Kier alpha value is -2.96. The number of nitrogens with zero attached hydrogens (tertiary/aromatic N) is 2. The summed E-state index contributed by atoms with van der Waals surface area (Å²) in [6.07, 6.45) is 3.08. The monoisotopic (exact) mass is 404 g/mol. The van der Waals surface area contributed by atoms with Crippen LogP contribution in [0, 0.1) is 0 Å². The number of aromatic nitrogens is 1. The van der Waals surface area contributed by atoms with E-state index < -0.39 is 5.97 Å². The van der Waals surface area contributed by atoms with Crippen molar-refractivity contribution in [3.63, 3.8) is 0 Å². The van der Waals surface area contributed by atoms with Crippen LogP contribution in [0.2, 0.25) is 0 Å². The van der Waals surface area contributed by atoms with Crippen LogP contribution in [0.3, 0.4) is 0 Å². The number of piperidine rings is 1. The van der Waals surface area contributed by atoms with Crippen LogP contribution in [0.1, 0.15) is 41.7 Å². The lowest BCUT2D eigenvalue weighted by Gasteiger charge is -2.37. The van der Waals surface area contributed by atoms with E-state index in [-0.39, 0.29) is 29.3 Å². The van der Waals surface area contributed by atoms with Gasteiger partial charge in [-0.15, -0.1) is 0 Å². The second kappa shape index (κ2) is 7.38. The SMILES string of the molecule is O=C(O)c1c(CN2C3CCC2CC(O)C3)n(-c2ccccc2)c(=O)c2ccccc12. The summed E-state index contributed by atoms with van der Waals surface area (Å²) in [4.78, 5) is 28.2. The van der Waals surface area contributed by atoms with Crippen LogP contribution in [0.5, 0.6) is 0 Å². The van der Waals surface area contributed by atoms with Crippen molar-refractivity contribution >= 4 is 16.7 Å². The van der Waals surface area contributed by atoms with E-state index in [0.717, 1.165) is 12.8 Å². The molecule has 30 heavy (non-hydrogen) atoms. The van der Waals surface area contributed by atoms with Gasteiger partial charge in [0.25, 0.3) is 5.56 Å². The molecule has 6 nitrogen and oxygen atoms in total. The van der Waals surface area contributed by atoms with Crippen LogP contribution >= 0.6 is 0 Å². The highest BCUT2D eigenvalue weighted by Gasteiger charge is 2.41. The van der Waals surface area contributed by atoms with Crippen molar-refractivity contribution in [2.45, 2.75) is 50.4 Å². The lowest BCUT2D eigenvalue weighted by molar-refractivity contribution is 0.0295. The number of aliphatic hydroxyl groups is 1. The number of pyridine rings is 1. The number of rotatable bonds is 4. The molecule has 0 spiro atoms. The third-order valence-corrected chi connectivity index (χ3v) is 6.61. The Balaban J connectivity index is 1.76. The molecule has 2 N–H and O–H groups in total. The highest BCUT2D eigenvalue weighted by atomic mass is 16.4. The molecule has 0 aliphatic carbocycles. The minimum atomic E-state index is -1.03. The van der Waals surface area contributed by atoms with Crippen molar-refractivity contribution in [2.75, 3.05) is 0 Å². The number of fused-ring (bicyclic) bond motifs is 3. The molecule has 0 saturated carbocycles. The first-order valence-corrected chi connectivity index (χ1v) is 10.4. The minimum absolute atomic E-state index is 0.180. The fraction of sp³-hybridized carbons (Fsp3) is 0.333. The molecule has 3 aromatic rings. The van der Waals surface area contributed by atoms with E-state index in [0.29, 0.717) is 41.5 Å². The molecule has 2 unspecified atom stereocenters. The number of benzene rings is 2. The van der Waals surface area contributed by atoms with E-state index in [2.05, 4.69) is 4.90 Å². The molecule has 0 amide bonds. The maximum atomic E-state index is 13.5. The van der Waals surface area contributed by atoms with Gasteiger partial charge in [0.1, 0.15) is 0 Å². The van der Waals surface area contributed by atoms with E-state index in [1.807, 2.05) is 30.3 Å². The lowest BCUT2D eigenvalue weighted by atomic mass is 9.97. The molecule has 1 aromatic heterocycles. The number of para-hydroxylation sites is 1. The number of aliphatic hydroxyl groups excluding tert-OH is 1. The molecule has 2 aromatic carbocycles. The Morgan fingerprint density at radius 3 is 2.17 bits per heavy atom. The van der Waals surface area contributed by atoms with Gasteiger partial charge in [0.2, 0.25) is 0 Å². The largest absolute Gasteiger partial charge is 0.478 e. The van der Waals surface area contributed by atoms with Crippen LogP contribution < -0.4 is 5.56 Å². The Labute approximate surface area is 174 Å². The molecule has 154 valence electrons. The first-order chi connectivity index (χ1) is 14.5. The number of carbonyl (C=O) groups is 1. The smallest absolute Gasteiger partial charge is 0.338 e. The van der Waals surface area contributed by atoms with E-state index in [4.69, 9.17) is 0 Å². The molecule has 6 heteroatoms. The molecule has 2 aliphatic heterocycles. The second-order valence-corrected chi connectivity index (χ2v) is 8.33. The minimum Gasteiger partial charge on any atom is -0.478 e. The van der Waals surface area contributed by atoms with E-state index >= 15 is 0 Å². The number of hydrogen-bond acceptors (Lipinski definition) is 4. The van der Waals surface area contributed by atoms with Gasteiger partial charge in [0.05, 0.1) is 17.4 Å². The normalized spacial score (nSPS) is 23.7. The summed E-state index contributed by atoms with van der Waals surface area (Å²) >= 11 is 0. The van der Waals surface area contributed by atoms with Crippen LogP contribution in [0.15, 0.2) is 59.4 Å². The average molecular weight is 404 g/mol. The van der Waals surface area contributed by atoms with Gasteiger partial charge in [-0.3, -0.25) is 14.3 Å². The van der Waals surface area contributed by atoms with Crippen molar-refractivity contribution < 1.29 is 15.0 Å². The first-order valence-electron chi connectivity index (χ1n) is 10.4.